The van der Waals surface area contributed by atoms with Gasteiger partial charge in [-0.2, -0.15) is 5.10 Å². The van der Waals surface area contributed by atoms with Gasteiger partial charge in [-0.05, 0) is 31.7 Å². The Bertz CT molecular complexity index is 358. The fourth-order valence-electron chi connectivity index (χ4n) is 3.01. The summed E-state index contributed by atoms with van der Waals surface area (Å²) in [6.45, 7) is 5.43. The van der Waals surface area contributed by atoms with Crippen LogP contribution < -0.4 is 5.32 Å². The molecule has 0 aromatic carbocycles. The van der Waals surface area contributed by atoms with Crippen molar-refractivity contribution >= 4 is 0 Å². The summed E-state index contributed by atoms with van der Waals surface area (Å²) in [4.78, 5) is 4.46. The van der Waals surface area contributed by atoms with Crippen molar-refractivity contribution < 1.29 is 0 Å². The van der Waals surface area contributed by atoms with Crippen LogP contribution in [0.4, 0.5) is 0 Å². The van der Waals surface area contributed by atoms with Crippen molar-refractivity contribution in [3.8, 4) is 0 Å². The van der Waals surface area contributed by atoms with E-state index in [1.54, 1.807) is 6.33 Å². The summed E-state index contributed by atoms with van der Waals surface area (Å²) < 4.78 is 2.09. The molecule has 102 valence electrons. The highest BCUT2D eigenvalue weighted by Crippen LogP contribution is 2.26. The van der Waals surface area contributed by atoms with Gasteiger partial charge in [0, 0.05) is 19.0 Å². The summed E-state index contributed by atoms with van der Waals surface area (Å²) in [5.41, 5.74) is 0. The summed E-state index contributed by atoms with van der Waals surface area (Å²) in [5.74, 6) is 2.51. The fraction of sp³-hybridized carbons (Fsp3) is 0.857. The molecule has 1 N–H and O–H groups in total. The van der Waals surface area contributed by atoms with E-state index >= 15 is 0 Å². The smallest absolute Gasteiger partial charge is 0.138 e. The second-order valence-electron chi connectivity index (χ2n) is 5.90. The highest BCUT2D eigenvalue weighted by molar-refractivity contribution is 4.92. The molecule has 2 rings (SSSR count). The van der Waals surface area contributed by atoms with Crippen LogP contribution >= 0.6 is 0 Å². The second kappa shape index (κ2) is 6.32. The van der Waals surface area contributed by atoms with Crippen LogP contribution in [0.2, 0.25) is 0 Å². The first-order valence-electron chi connectivity index (χ1n) is 7.24. The topological polar surface area (TPSA) is 42.7 Å². The van der Waals surface area contributed by atoms with Crippen LogP contribution in [0.3, 0.4) is 0 Å². The third-order valence-electron chi connectivity index (χ3n) is 3.96. The van der Waals surface area contributed by atoms with Crippen molar-refractivity contribution in [3.63, 3.8) is 0 Å². The molecule has 1 fully saturated rings. The van der Waals surface area contributed by atoms with E-state index in [0.29, 0.717) is 12.0 Å². The van der Waals surface area contributed by atoms with Crippen LogP contribution in [0, 0.1) is 11.8 Å². The third kappa shape index (κ3) is 3.31. The van der Waals surface area contributed by atoms with Crippen LogP contribution in [0.5, 0.6) is 0 Å². The quantitative estimate of drug-likeness (QED) is 0.871. The Labute approximate surface area is 110 Å². The van der Waals surface area contributed by atoms with Crippen molar-refractivity contribution in [3.05, 3.63) is 12.2 Å². The first kappa shape index (κ1) is 13.5. The van der Waals surface area contributed by atoms with E-state index in [9.17, 15) is 0 Å². The van der Waals surface area contributed by atoms with E-state index in [4.69, 9.17) is 0 Å². The van der Waals surface area contributed by atoms with Gasteiger partial charge < -0.3 is 5.32 Å². The molecular formula is C14H26N4. The van der Waals surface area contributed by atoms with E-state index in [2.05, 4.69) is 41.0 Å². The average Bonchev–Trinajstić information content (AvgIpc) is 2.76. The van der Waals surface area contributed by atoms with E-state index in [1.807, 2.05) is 0 Å². The van der Waals surface area contributed by atoms with Gasteiger partial charge in [0.15, 0.2) is 0 Å². The standard InChI is InChI=1S/C14H26N4/c1-11(2)9-18-14(16-10-17-18)8-12-6-4-5-7-13(12)15-3/h10-13,15H,4-9H2,1-3H3. The highest BCUT2D eigenvalue weighted by Gasteiger charge is 2.25. The Balaban J connectivity index is 2.01. The summed E-state index contributed by atoms with van der Waals surface area (Å²) in [5, 5.41) is 7.83. The number of rotatable bonds is 5. The monoisotopic (exact) mass is 250 g/mol. The minimum Gasteiger partial charge on any atom is -0.317 e. The molecule has 1 aromatic rings. The van der Waals surface area contributed by atoms with E-state index in [1.165, 1.54) is 25.7 Å². The van der Waals surface area contributed by atoms with Gasteiger partial charge in [0.1, 0.15) is 12.2 Å². The zero-order chi connectivity index (χ0) is 13.0. The molecular weight excluding hydrogens is 224 g/mol. The van der Waals surface area contributed by atoms with Crippen LogP contribution in [-0.4, -0.2) is 27.9 Å². The Hall–Kier alpha value is -0.900. The van der Waals surface area contributed by atoms with Gasteiger partial charge in [0.05, 0.1) is 0 Å². The van der Waals surface area contributed by atoms with Gasteiger partial charge in [0.25, 0.3) is 0 Å². The average molecular weight is 250 g/mol. The number of hydrogen-bond acceptors (Lipinski definition) is 3. The molecule has 18 heavy (non-hydrogen) atoms. The van der Waals surface area contributed by atoms with Crippen LogP contribution in [0.25, 0.3) is 0 Å². The molecule has 0 saturated heterocycles. The van der Waals surface area contributed by atoms with E-state index < -0.39 is 0 Å². The molecule has 0 aliphatic heterocycles. The third-order valence-corrected chi connectivity index (χ3v) is 3.96. The van der Waals surface area contributed by atoms with Crippen LogP contribution in [0.1, 0.15) is 45.4 Å². The summed E-state index contributed by atoms with van der Waals surface area (Å²) in [6, 6.07) is 0.656. The lowest BCUT2D eigenvalue weighted by Crippen LogP contribution is -2.37. The molecule has 4 heteroatoms. The maximum Gasteiger partial charge on any atom is 0.138 e. The lowest BCUT2D eigenvalue weighted by molar-refractivity contribution is 0.265. The lowest BCUT2D eigenvalue weighted by Gasteiger charge is -2.31. The molecule has 2 atom stereocenters. The maximum atomic E-state index is 4.46. The largest absolute Gasteiger partial charge is 0.317 e. The van der Waals surface area contributed by atoms with Crippen molar-refractivity contribution in [2.24, 2.45) is 11.8 Å². The van der Waals surface area contributed by atoms with E-state index in [-0.39, 0.29) is 0 Å². The van der Waals surface area contributed by atoms with Crippen molar-refractivity contribution in [2.45, 2.75) is 58.5 Å². The van der Waals surface area contributed by atoms with Gasteiger partial charge in [-0.3, -0.25) is 0 Å². The summed E-state index contributed by atoms with van der Waals surface area (Å²) in [7, 11) is 2.09. The number of hydrogen-bond donors (Lipinski definition) is 1. The Morgan fingerprint density at radius 2 is 2.17 bits per heavy atom. The maximum absolute atomic E-state index is 4.46. The SMILES string of the molecule is CNC1CCCCC1Cc1ncnn1CC(C)C. The van der Waals surface area contributed by atoms with Gasteiger partial charge in [0.2, 0.25) is 0 Å². The second-order valence-corrected chi connectivity index (χ2v) is 5.90. The molecule has 2 unspecified atom stereocenters. The zero-order valence-electron chi connectivity index (χ0n) is 11.9. The van der Waals surface area contributed by atoms with E-state index in [0.717, 1.165) is 24.7 Å². The van der Waals surface area contributed by atoms with Crippen LogP contribution in [-0.2, 0) is 13.0 Å². The number of nitrogens with zero attached hydrogens (tertiary/aromatic N) is 3. The van der Waals surface area contributed by atoms with Crippen molar-refractivity contribution in [1.82, 2.24) is 20.1 Å². The molecule has 1 aliphatic carbocycles. The first-order chi connectivity index (χ1) is 8.70. The van der Waals surface area contributed by atoms with Gasteiger partial charge in [-0.15, -0.1) is 0 Å². The van der Waals surface area contributed by atoms with Gasteiger partial charge >= 0.3 is 0 Å². The number of aromatic nitrogens is 3. The van der Waals surface area contributed by atoms with Gasteiger partial charge in [-0.1, -0.05) is 26.7 Å². The zero-order valence-corrected chi connectivity index (χ0v) is 11.9. The Morgan fingerprint density at radius 1 is 1.39 bits per heavy atom. The van der Waals surface area contributed by atoms with Gasteiger partial charge in [-0.25, -0.2) is 9.67 Å². The molecule has 4 nitrogen and oxygen atoms in total. The molecule has 0 radical (unpaired) electrons. The predicted octanol–water partition coefficient (Wildman–Crippen LogP) is 2.25. The van der Waals surface area contributed by atoms with Crippen molar-refractivity contribution in [2.75, 3.05) is 7.05 Å². The molecule has 1 aliphatic rings. The van der Waals surface area contributed by atoms with Crippen molar-refractivity contribution in [1.29, 1.82) is 0 Å². The normalized spacial score (nSPS) is 24.7. The molecule has 0 bridgehead atoms. The van der Waals surface area contributed by atoms with Crippen LogP contribution in [0.15, 0.2) is 6.33 Å². The Kier molecular flexibility index (Phi) is 4.75. The first-order valence-corrected chi connectivity index (χ1v) is 7.24. The summed E-state index contributed by atoms with van der Waals surface area (Å²) >= 11 is 0. The summed E-state index contributed by atoms with van der Waals surface area (Å²) in [6.07, 6.45) is 8.12. The fourth-order valence-corrected chi connectivity index (χ4v) is 3.01. The molecule has 0 amide bonds. The molecule has 1 heterocycles. The molecule has 1 aromatic heterocycles. The highest BCUT2D eigenvalue weighted by atomic mass is 15.3. The Morgan fingerprint density at radius 3 is 2.89 bits per heavy atom. The molecule has 1 saturated carbocycles. The minimum absolute atomic E-state index is 0.622. The predicted molar refractivity (Wildman–Crippen MR) is 73.4 cm³/mol. The minimum atomic E-state index is 0.622. The molecule has 0 spiro atoms. The lowest BCUT2D eigenvalue weighted by atomic mass is 9.82. The number of nitrogens with one attached hydrogen (secondary N) is 1.